The summed E-state index contributed by atoms with van der Waals surface area (Å²) in [6, 6.07) is 9.54. The minimum absolute atomic E-state index is 0.103. The Balaban J connectivity index is 1.52. The van der Waals surface area contributed by atoms with Crippen molar-refractivity contribution < 1.29 is 14.3 Å². The fourth-order valence-corrected chi connectivity index (χ4v) is 4.83. The first-order valence-corrected chi connectivity index (χ1v) is 11.3. The molecule has 1 aliphatic heterocycles. The summed E-state index contributed by atoms with van der Waals surface area (Å²) >= 11 is 1.27. The fraction of sp³-hybridized carbons (Fsp3) is 0.409. The standard InChI is InChI=1S/C22H26N4O5S/c1-30-13-12-25-21(28)20-17(7-14-32-20)26(22(25)29)15-19(27)24-10-8-23(9-11-24)16-5-3-4-6-18(16)31-2/h3-7,14H,8-13,15H2,1-2H3. The van der Waals surface area contributed by atoms with Gasteiger partial charge in [0.1, 0.15) is 17.0 Å². The van der Waals surface area contributed by atoms with Crippen LogP contribution in [0.5, 0.6) is 5.75 Å². The van der Waals surface area contributed by atoms with Crippen molar-refractivity contribution in [2.45, 2.75) is 13.1 Å². The average molecular weight is 459 g/mol. The zero-order chi connectivity index (χ0) is 22.7. The second-order valence-corrected chi connectivity index (χ2v) is 8.41. The van der Waals surface area contributed by atoms with Gasteiger partial charge in [-0.2, -0.15) is 0 Å². The summed E-state index contributed by atoms with van der Waals surface area (Å²) in [5.41, 5.74) is 0.674. The Labute approximate surface area is 189 Å². The molecule has 9 nitrogen and oxygen atoms in total. The quantitative estimate of drug-likeness (QED) is 0.529. The summed E-state index contributed by atoms with van der Waals surface area (Å²) in [6.45, 7) is 2.71. The van der Waals surface area contributed by atoms with Crippen molar-refractivity contribution in [2.75, 3.05) is 51.9 Å². The van der Waals surface area contributed by atoms with Crippen molar-refractivity contribution in [3.8, 4) is 5.75 Å². The first-order chi connectivity index (χ1) is 15.5. The number of rotatable bonds is 7. The van der Waals surface area contributed by atoms with E-state index in [-0.39, 0.29) is 31.2 Å². The van der Waals surface area contributed by atoms with Crippen LogP contribution < -0.4 is 20.9 Å². The summed E-state index contributed by atoms with van der Waals surface area (Å²) < 4.78 is 13.5. The molecular formula is C22H26N4O5S. The third-order valence-corrected chi connectivity index (χ3v) is 6.60. The van der Waals surface area contributed by atoms with Crippen LogP contribution in [0.15, 0.2) is 45.3 Å². The molecule has 0 N–H and O–H groups in total. The summed E-state index contributed by atoms with van der Waals surface area (Å²) in [5.74, 6) is 0.660. The van der Waals surface area contributed by atoms with Crippen molar-refractivity contribution in [3.05, 3.63) is 56.5 Å². The molecule has 32 heavy (non-hydrogen) atoms. The number of para-hydroxylation sites is 2. The van der Waals surface area contributed by atoms with E-state index in [0.29, 0.717) is 36.4 Å². The molecule has 0 saturated carbocycles. The number of ether oxygens (including phenoxy) is 2. The van der Waals surface area contributed by atoms with E-state index in [2.05, 4.69) is 4.90 Å². The van der Waals surface area contributed by atoms with Crippen LogP contribution in [0.1, 0.15) is 0 Å². The number of piperazine rings is 1. The molecule has 170 valence electrons. The molecule has 0 radical (unpaired) electrons. The second kappa shape index (κ2) is 9.58. The lowest BCUT2D eigenvalue weighted by atomic mass is 10.2. The Bertz CT molecular complexity index is 1220. The lowest BCUT2D eigenvalue weighted by Crippen LogP contribution is -2.51. The van der Waals surface area contributed by atoms with E-state index >= 15 is 0 Å². The first kappa shape index (κ1) is 22.1. The maximum atomic E-state index is 13.1. The third kappa shape index (κ3) is 4.15. The number of fused-ring (bicyclic) bond motifs is 1. The van der Waals surface area contributed by atoms with Crippen LogP contribution in [0.2, 0.25) is 0 Å². The number of benzene rings is 1. The number of hydrogen-bond donors (Lipinski definition) is 0. The zero-order valence-corrected chi connectivity index (χ0v) is 19.0. The number of anilines is 1. The first-order valence-electron chi connectivity index (χ1n) is 10.4. The topological polar surface area (TPSA) is 86.0 Å². The van der Waals surface area contributed by atoms with Crippen molar-refractivity contribution in [3.63, 3.8) is 0 Å². The van der Waals surface area contributed by atoms with Crippen LogP contribution >= 0.6 is 11.3 Å². The average Bonchev–Trinajstić information content (AvgIpc) is 3.32. The highest BCUT2D eigenvalue weighted by molar-refractivity contribution is 7.17. The number of methoxy groups -OCH3 is 2. The van der Waals surface area contributed by atoms with Gasteiger partial charge in [-0.3, -0.25) is 18.7 Å². The van der Waals surface area contributed by atoms with E-state index in [1.165, 1.54) is 23.0 Å². The van der Waals surface area contributed by atoms with Gasteiger partial charge in [-0.05, 0) is 23.6 Å². The van der Waals surface area contributed by atoms with Crippen molar-refractivity contribution >= 4 is 33.1 Å². The van der Waals surface area contributed by atoms with Gasteiger partial charge < -0.3 is 19.3 Å². The molecule has 1 fully saturated rings. The van der Waals surface area contributed by atoms with Gasteiger partial charge in [0.05, 0.1) is 31.5 Å². The molecule has 3 heterocycles. The molecule has 4 rings (SSSR count). The predicted octanol–water partition coefficient (Wildman–Crippen LogP) is 1.23. The third-order valence-electron chi connectivity index (χ3n) is 5.71. The Hall–Kier alpha value is -3.11. The molecule has 3 aromatic rings. The highest BCUT2D eigenvalue weighted by atomic mass is 32.1. The SMILES string of the molecule is COCCn1c(=O)c2sccc2n(CC(=O)N2CCN(c3ccccc3OC)CC2)c1=O. The van der Waals surface area contributed by atoms with Crippen molar-refractivity contribution in [1.82, 2.24) is 14.0 Å². The minimum atomic E-state index is -0.487. The number of thiophene rings is 1. The molecule has 1 aliphatic rings. The number of carbonyl (C=O) groups is 1. The summed E-state index contributed by atoms with van der Waals surface area (Å²) in [7, 11) is 3.16. The van der Waals surface area contributed by atoms with Gasteiger partial charge in [0.2, 0.25) is 5.91 Å². The molecule has 10 heteroatoms. The number of hydrogen-bond acceptors (Lipinski definition) is 7. The molecule has 0 spiro atoms. The lowest BCUT2D eigenvalue weighted by molar-refractivity contribution is -0.132. The number of aromatic nitrogens is 2. The highest BCUT2D eigenvalue weighted by Gasteiger charge is 2.24. The van der Waals surface area contributed by atoms with E-state index in [4.69, 9.17) is 9.47 Å². The maximum Gasteiger partial charge on any atom is 0.332 e. The van der Waals surface area contributed by atoms with E-state index < -0.39 is 5.69 Å². The van der Waals surface area contributed by atoms with Gasteiger partial charge in [0, 0.05) is 33.3 Å². The molecule has 1 aromatic carbocycles. The Morgan fingerprint density at radius 2 is 1.78 bits per heavy atom. The van der Waals surface area contributed by atoms with E-state index in [1.807, 2.05) is 24.3 Å². The second-order valence-electron chi connectivity index (χ2n) is 7.49. The van der Waals surface area contributed by atoms with Gasteiger partial charge in [0.25, 0.3) is 5.56 Å². The van der Waals surface area contributed by atoms with E-state index in [9.17, 15) is 14.4 Å². The summed E-state index contributed by atoms with van der Waals surface area (Å²) in [6.07, 6.45) is 0. The zero-order valence-electron chi connectivity index (χ0n) is 18.2. The molecule has 1 amide bonds. The Morgan fingerprint density at radius 3 is 2.50 bits per heavy atom. The molecule has 0 bridgehead atoms. The van der Waals surface area contributed by atoms with Crippen LogP contribution in [-0.2, 0) is 22.6 Å². The highest BCUT2D eigenvalue weighted by Crippen LogP contribution is 2.28. The number of amides is 1. The summed E-state index contributed by atoms with van der Waals surface area (Å²) in [5, 5.41) is 1.76. The Morgan fingerprint density at radius 1 is 1.03 bits per heavy atom. The van der Waals surface area contributed by atoms with Gasteiger partial charge >= 0.3 is 5.69 Å². The largest absolute Gasteiger partial charge is 0.495 e. The van der Waals surface area contributed by atoms with Crippen LogP contribution in [0.25, 0.3) is 10.2 Å². The van der Waals surface area contributed by atoms with Crippen LogP contribution in [0, 0.1) is 0 Å². The van der Waals surface area contributed by atoms with Crippen LogP contribution in [0.4, 0.5) is 5.69 Å². The van der Waals surface area contributed by atoms with Gasteiger partial charge in [-0.25, -0.2) is 4.79 Å². The van der Waals surface area contributed by atoms with Crippen molar-refractivity contribution in [1.29, 1.82) is 0 Å². The normalized spacial score (nSPS) is 14.2. The monoisotopic (exact) mass is 458 g/mol. The minimum Gasteiger partial charge on any atom is -0.495 e. The van der Waals surface area contributed by atoms with Crippen molar-refractivity contribution in [2.24, 2.45) is 0 Å². The number of carbonyl (C=O) groups excluding carboxylic acids is 1. The van der Waals surface area contributed by atoms with Gasteiger partial charge in [-0.15, -0.1) is 11.3 Å². The van der Waals surface area contributed by atoms with Crippen LogP contribution in [0.3, 0.4) is 0 Å². The van der Waals surface area contributed by atoms with E-state index in [1.54, 1.807) is 23.5 Å². The number of nitrogens with zero attached hydrogens (tertiary/aromatic N) is 4. The maximum absolute atomic E-state index is 13.1. The molecule has 0 aliphatic carbocycles. The summed E-state index contributed by atoms with van der Waals surface area (Å²) in [4.78, 5) is 42.7. The lowest BCUT2D eigenvalue weighted by Gasteiger charge is -2.36. The van der Waals surface area contributed by atoms with Crippen LogP contribution in [-0.4, -0.2) is 66.9 Å². The van der Waals surface area contributed by atoms with Gasteiger partial charge in [-0.1, -0.05) is 12.1 Å². The predicted molar refractivity (Wildman–Crippen MR) is 124 cm³/mol. The molecule has 0 unspecified atom stereocenters. The van der Waals surface area contributed by atoms with Gasteiger partial charge in [0.15, 0.2) is 0 Å². The molecule has 1 saturated heterocycles. The molecule has 0 atom stereocenters. The molecular weight excluding hydrogens is 432 g/mol. The fourth-order valence-electron chi connectivity index (χ4n) is 3.99. The smallest absolute Gasteiger partial charge is 0.332 e. The van der Waals surface area contributed by atoms with E-state index in [0.717, 1.165) is 16.0 Å². The Kier molecular flexibility index (Phi) is 6.61. The molecule has 2 aromatic heterocycles.